The molecule has 1 amide bonds. The maximum Gasteiger partial charge on any atom is 0.252 e. The lowest BCUT2D eigenvalue weighted by Gasteiger charge is -2.31. The van der Waals surface area contributed by atoms with Gasteiger partial charge in [-0.15, -0.1) is 0 Å². The van der Waals surface area contributed by atoms with Crippen molar-refractivity contribution in [2.45, 2.75) is 39.2 Å². The summed E-state index contributed by atoms with van der Waals surface area (Å²) in [6.07, 6.45) is 0.955. The second-order valence-corrected chi connectivity index (χ2v) is 4.69. The second-order valence-electron chi connectivity index (χ2n) is 4.69. The summed E-state index contributed by atoms with van der Waals surface area (Å²) in [5, 5.41) is 14.7. The molecule has 0 unspecified atom stereocenters. The lowest BCUT2D eigenvalue weighted by molar-refractivity contribution is 0.0917. The van der Waals surface area contributed by atoms with E-state index in [4.69, 9.17) is 10.9 Å². The molecule has 20 heavy (non-hydrogen) atoms. The van der Waals surface area contributed by atoms with Gasteiger partial charge in [0.2, 0.25) is 0 Å². The van der Waals surface area contributed by atoms with Crippen LogP contribution in [0.3, 0.4) is 0 Å². The van der Waals surface area contributed by atoms with Crippen molar-refractivity contribution in [2.24, 2.45) is 10.9 Å². The van der Waals surface area contributed by atoms with E-state index in [1.54, 1.807) is 6.92 Å². The molecule has 0 atom stereocenters. The summed E-state index contributed by atoms with van der Waals surface area (Å²) in [7, 11) is 0. The van der Waals surface area contributed by atoms with Crippen LogP contribution in [0.1, 0.15) is 42.6 Å². The molecule has 1 aromatic carbocycles. The van der Waals surface area contributed by atoms with Gasteiger partial charge in [-0.25, -0.2) is 4.39 Å². The molecule has 1 aromatic rings. The first-order chi connectivity index (χ1) is 9.40. The highest BCUT2D eigenvalue weighted by Crippen LogP contribution is 2.18. The fourth-order valence-electron chi connectivity index (χ4n) is 2.12. The third kappa shape index (κ3) is 3.07. The third-order valence-corrected chi connectivity index (χ3v) is 3.59. The molecule has 0 saturated heterocycles. The maximum absolute atomic E-state index is 13.1. The number of hydrogen-bond acceptors (Lipinski definition) is 3. The van der Waals surface area contributed by atoms with Crippen molar-refractivity contribution >= 4 is 11.7 Å². The summed E-state index contributed by atoms with van der Waals surface area (Å²) >= 11 is 0. The van der Waals surface area contributed by atoms with E-state index in [2.05, 4.69) is 10.5 Å². The molecular formula is C14H20FN3O2. The summed E-state index contributed by atoms with van der Waals surface area (Å²) < 4.78 is 13.1. The fraction of sp³-hybridized carbons (Fsp3) is 0.429. The van der Waals surface area contributed by atoms with E-state index in [0.29, 0.717) is 24.0 Å². The fourth-order valence-corrected chi connectivity index (χ4v) is 2.12. The molecule has 0 fully saturated rings. The average Bonchev–Trinajstić information content (AvgIpc) is 2.43. The zero-order valence-corrected chi connectivity index (χ0v) is 11.9. The van der Waals surface area contributed by atoms with Gasteiger partial charge in [0.15, 0.2) is 5.84 Å². The van der Waals surface area contributed by atoms with E-state index in [-0.39, 0.29) is 11.7 Å². The molecule has 0 saturated carbocycles. The highest BCUT2D eigenvalue weighted by molar-refractivity contribution is 6.01. The molecular weight excluding hydrogens is 261 g/mol. The van der Waals surface area contributed by atoms with Crippen molar-refractivity contribution in [1.29, 1.82) is 0 Å². The number of hydrogen-bond donors (Lipinski definition) is 3. The molecule has 0 heterocycles. The smallest absolute Gasteiger partial charge is 0.252 e. The summed E-state index contributed by atoms with van der Waals surface area (Å²) in [6, 6.07) is 3.94. The highest BCUT2D eigenvalue weighted by Gasteiger charge is 2.33. The maximum atomic E-state index is 13.1. The molecule has 0 aliphatic carbocycles. The number of halogens is 1. The summed E-state index contributed by atoms with van der Waals surface area (Å²) in [4.78, 5) is 12.3. The zero-order valence-electron chi connectivity index (χ0n) is 11.9. The number of carbonyl (C=O) groups is 1. The van der Waals surface area contributed by atoms with Gasteiger partial charge in [-0.2, -0.15) is 0 Å². The molecule has 0 aromatic heterocycles. The van der Waals surface area contributed by atoms with Gasteiger partial charge in [0.25, 0.3) is 5.91 Å². The minimum Gasteiger partial charge on any atom is -0.409 e. The van der Waals surface area contributed by atoms with Gasteiger partial charge in [0.05, 0.1) is 0 Å². The van der Waals surface area contributed by atoms with Gasteiger partial charge in [-0.1, -0.05) is 19.0 Å². The Hall–Kier alpha value is -2.11. The number of aryl methyl sites for hydroxylation is 1. The standard InChI is InChI=1S/C14H20FN3O2/c1-4-14(5-2,13(16)18-20)17-12(19)11-7-6-10(15)8-9(11)3/h6-8,20H,4-5H2,1-3H3,(H2,16,18)(H,17,19). The van der Waals surface area contributed by atoms with Crippen molar-refractivity contribution in [3.05, 3.63) is 35.1 Å². The number of amides is 1. The topological polar surface area (TPSA) is 87.7 Å². The van der Waals surface area contributed by atoms with Crippen LogP contribution < -0.4 is 11.1 Å². The van der Waals surface area contributed by atoms with Crippen molar-refractivity contribution in [2.75, 3.05) is 0 Å². The molecule has 110 valence electrons. The number of rotatable bonds is 5. The zero-order chi connectivity index (χ0) is 15.3. The van der Waals surface area contributed by atoms with E-state index in [1.165, 1.54) is 18.2 Å². The Morgan fingerprint density at radius 3 is 2.50 bits per heavy atom. The van der Waals surface area contributed by atoms with E-state index >= 15 is 0 Å². The van der Waals surface area contributed by atoms with Crippen LogP contribution in [0, 0.1) is 12.7 Å². The molecule has 0 aliphatic heterocycles. The Balaban J connectivity index is 3.09. The second kappa shape index (κ2) is 6.36. The Kier molecular flexibility index (Phi) is 5.07. The minimum absolute atomic E-state index is 0.0457. The first-order valence-electron chi connectivity index (χ1n) is 6.46. The third-order valence-electron chi connectivity index (χ3n) is 3.59. The van der Waals surface area contributed by atoms with Gasteiger partial charge < -0.3 is 16.3 Å². The number of nitrogens with two attached hydrogens (primary N) is 1. The van der Waals surface area contributed by atoms with Crippen LogP contribution in [0.25, 0.3) is 0 Å². The van der Waals surface area contributed by atoms with Crippen LogP contribution in [-0.4, -0.2) is 22.5 Å². The van der Waals surface area contributed by atoms with Crippen LogP contribution in [0.2, 0.25) is 0 Å². The van der Waals surface area contributed by atoms with Crippen LogP contribution in [0.15, 0.2) is 23.4 Å². The monoisotopic (exact) mass is 281 g/mol. The van der Waals surface area contributed by atoms with Gasteiger partial charge in [-0.3, -0.25) is 4.79 Å². The largest absolute Gasteiger partial charge is 0.409 e. The first kappa shape index (κ1) is 15.9. The molecule has 6 heteroatoms. The first-order valence-corrected chi connectivity index (χ1v) is 6.46. The van der Waals surface area contributed by atoms with Gasteiger partial charge in [-0.05, 0) is 43.5 Å². The Morgan fingerprint density at radius 1 is 1.45 bits per heavy atom. The molecule has 1 rings (SSSR count). The van der Waals surface area contributed by atoms with Crippen molar-refractivity contribution in [3.63, 3.8) is 0 Å². The number of oxime groups is 1. The Bertz CT molecular complexity index is 525. The lowest BCUT2D eigenvalue weighted by atomic mass is 9.90. The molecule has 4 N–H and O–H groups in total. The number of nitrogens with zero attached hydrogens (tertiary/aromatic N) is 1. The number of nitrogens with one attached hydrogen (secondary N) is 1. The van der Waals surface area contributed by atoms with Crippen LogP contribution >= 0.6 is 0 Å². The molecule has 0 spiro atoms. The van der Waals surface area contributed by atoms with Crippen LogP contribution in [-0.2, 0) is 0 Å². The van der Waals surface area contributed by atoms with Crippen LogP contribution in [0.4, 0.5) is 4.39 Å². The van der Waals surface area contributed by atoms with E-state index in [9.17, 15) is 9.18 Å². The highest BCUT2D eigenvalue weighted by atomic mass is 19.1. The molecule has 0 radical (unpaired) electrons. The van der Waals surface area contributed by atoms with Crippen LogP contribution in [0.5, 0.6) is 0 Å². The molecule has 5 nitrogen and oxygen atoms in total. The Morgan fingerprint density at radius 2 is 2.05 bits per heavy atom. The minimum atomic E-state index is -0.910. The SMILES string of the molecule is CCC(CC)(NC(=O)c1ccc(F)cc1C)/C(N)=N/O. The van der Waals surface area contributed by atoms with E-state index < -0.39 is 11.4 Å². The predicted octanol–water partition coefficient (Wildman–Crippen LogP) is 2.17. The van der Waals surface area contributed by atoms with E-state index in [1.807, 2.05) is 13.8 Å². The van der Waals surface area contributed by atoms with Gasteiger partial charge >= 0.3 is 0 Å². The number of benzene rings is 1. The predicted molar refractivity (Wildman–Crippen MR) is 75.3 cm³/mol. The lowest BCUT2D eigenvalue weighted by Crippen LogP contribution is -2.57. The number of carbonyl (C=O) groups excluding carboxylic acids is 1. The van der Waals surface area contributed by atoms with Crippen molar-refractivity contribution in [3.8, 4) is 0 Å². The van der Waals surface area contributed by atoms with Crippen molar-refractivity contribution in [1.82, 2.24) is 5.32 Å². The molecule has 0 aliphatic rings. The average molecular weight is 281 g/mol. The van der Waals surface area contributed by atoms with Crippen molar-refractivity contribution < 1.29 is 14.4 Å². The van der Waals surface area contributed by atoms with E-state index in [0.717, 1.165) is 0 Å². The summed E-state index contributed by atoms with van der Waals surface area (Å²) in [5.74, 6) is -0.818. The normalized spacial score (nSPS) is 12.3. The quantitative estimate of drug-likeness (QED) is 0.334. The number of amidine groups is 1. The van der Waals surface area contributed by atoms with Gasteiger partial charge in [0.1, 0.15) is 11.4 Å². The Labute approximate surface area is 117 Å². The molecule has 0 bridgehead atoms. The van der Waals surface area contributed by atoms with Gasteiger partial charge in [0, 0.05) is 5.56 Å². The summed E-state index contributed by atoms with van der Waals surface area (Å²) in [6.45, 7) is 5.32. The summed E-state index contributed by atoms with van der Waals surface area (Å²) in [5.41, 5.74) is 5.67.